The van der Waals surface area contributed by atoms with Crippen molar-refractivity contribution in [3.63, 3.8) is 0 Å². The van der Waals surface area contributed by atoms with Crippen molar-refractivity contribution in [2.24, 2.45) is 5.92 Å². The summed E-state index contributed by atoms with van der Waals surface area (Å²) in [5.74, 6) is 0.575. The molecule has 0 aromatic carbocycles. The molecule has 3 heterocycles. The van der Waals surface area contributed by atoms with Crippen LogP contribution < -0.4 is 10.5 Å². The Hall–Kier alpha value is -2.52. The maximum Gasteiger partial charge on any atom is 0.387 e. The Morgan fingerprint density at radius 2 is 2.07 bits per heavy atom. The summed E-state index contributed by atoms with van der Waals surface area (Å²) < 4.78 is 43.0. The van der Waals surface area contributed by atoms with Gasteiger partial charge in [-0.15, -0.1) is 0 Å². The Balaban J connectivity index is 1.40. The van der Waals surface area contributed by atoms with Crippen LogP contribution in [0.3, 0.4) is 0 Å². The summed E-state index contributed by atoms with van der Waals surface area (Å²) in [4.78, 5) is 3.99. The van der Waals surface area contributed by atoms with E-state index in [9.17, 15) is 8.78 Å². The first-order valence-electron chi connectivity index (χ1n) is 10.2. The number of nitrogen functional groups attached to an aromatic ring is 1. The minimum atomic E-state index is -2.97. The first-order chi connectivity index (χ1) is 14.4. The third-order valence-electron chi connectivity index (χ3n) is 5.89. The predicted octanol–water partition coefficient (Wildman–Crippen LogP) is 3.54. The molecule has 2 aromatic rings. The van der Waals surface area contributed by atoms with E-state index in [0.717, 1.165) is 12.1 Å². The van der Waals surface area contributed by atoms with Gasteiger partial charge >= 0.3 is 6.61 Å². The van der Waals surface area contributed by atoms with Gasteiger partial charge in [-0.2, -0.15) is 13.9 Å². The first kappa shape index (κ1) is 19.4. The average Bonchev–Trinajstić information content (AvgIpc) is 3.03. The molecular formula is C21H24F2N4O3. The highest BCUT2D eigenvalue weighted by molar-refractivity contribution is 5.65. The molecule has 2 N–H and O–H groups in total. The minimum Gasteiger partial charge on any atom is -0.431 e. The third kappa shape index (κ3) is 3.45. The molecule has 9 heteroatoms. The second-order valence-corrected chi connectivity index (χ2v) is 8.30. The topological polar surface area (TPSA) is 84.4 Å². The Morgan fingerprint density at radius 3 is 2.67 bits per heavy atom. The largest absolute Gasteiger partial charge is 0.431 e. The zero-order valence-corrected chi connectivity index (χ0v) is 16.8. The van der Waals surface area contributed by atoms with Crippen LogP contribution in [-0.4, -0.2) is 46.8 Å². The lowest BCUT2D eigenvalue weighted by molar-refractivity contribution is -0.145. The molecule has 2 fully saturated rings. The van der Waals surface area contributed by atoms with Gasteiger partial charge in [-0.1, -0.05) is 11.6 Å². The quantitative estimate of drug-likeness (QED) is 0.693. The number of anilines is 1. The van der Waals surface area contributed by atoms with Gasteiger partial charge in [-0.25, -0.2) is 4.98 Å². The van der Waals surface area contributed by atoms with E-state index in [1.54, 1.807) is 0 Å². The molecule has 1 saturated heterocycles. The molecule has 0 bridgehead atoms. The molecule has 2 aliphatic carbocycles. The smallest absolute Gasteiger partial charge is 0.387 e. The number of nitrogens with two attached hydrogens (primary N) is 1. The summed E-state index contributed by atoms with van der Waals surface area (Å²) >= 11 is 0. The van der Waals surface area contributed by atoms with E-state index >= 15 is 0 Å². The summed E-state index contributed by atoms with van der Waals surface area (Å²) in [5, 5.41) is 4.73. The molecule has 0 amide bonds. The van der Waals surface area contributed by atoms with E-state index < -0.39 is 6.61 Å². The molecule has 1 unspecified atom stereocenters. The number of hydrogen-bond acceptors (Lipinski definition) is 6. The number of pyridine rings is 1. The van der Waals surface area contributed by atoms with E-state index in [1.165, 1.54) is 17.8 Å². The van der Waals surface area contributed by atoms with E-state index in [0.29, 0.717) is 36.3 Å². The lowest BCUT2D eigenvalue weighted by Gasteiger charge is -2.29. The lowest BCUT2D eigenvalue weighted by Crippen LogP contribution is -2.38. The van der Waals surface area contributed by atoms with E-state index in [1.807, 2.05) is 10.7 Å². The predicted molar refractivity (Wildman–Crippen MR) is 105 cm³/mol. The van der Waals surface area contributed by atoms with Crippen molar-refractivity contribution in [3.05, 3.63) is 35.7 Å². The van der Waals surface area contributed by atoms with Gasteiger partial charge in [0.15, 0.2) is 11.6 Å². The van der Waals surface area contributed by atoms with E-state index in [4.69, 9.17) is 20.3 Å². The number of allylic oxidation sites excluding steroid dienone is 1. The summed E-state index contributed by atoms with van der Waals surface area (Å²) in [6.07, 6.45) is 5.13. The van der Waals surface area contributed by atoms with Gasteiger partial charge in [-0.3, -0.25) is 4.68 Å². The highest BCUT2D eigenvalue weighted by Gasteiger charge is 2.52. The van der Waals surface area contributed by atoms with Crippen LogP contribution in [0.25, 0.3) is 11.3 Å². The molecule has 1 aliphatic heterocycles. The molecule has 3 aliphatic rings. The van der Waals surface area contributed by atoms with Crippen LogP contribution in [0.2, 0.25) is 0 Å². The van der Waals surface area contributed by atoms with E-state index in [2.05, 4.69) is 29.6 Å². The maximum absolute atomic E-state index is 12.6. The Labute approximate surface area is 172 Å². The van der Waals surface area contributed by atoms with Crippen LogP contribution in [0.15, 0.2) is 30.0 Å². The van der Waals surface area contributed by atoms with Crippen molar-refractivity contribution in [1.29, 1.82) is 0 Å². The SMILES string of the molecule is CC(C)n1nc(-c2cnc(N)c(OC(F)F)c2)cc1[C@@H]1C2=CC(OC3COC3)C[C@H]21. The molecule has 30 heavy (non-hydrogen) atoms. The van der Waals surface area contributed by atoms with Gasteiger partial charge in [0.1, 0.15) is 6.10 Å². The molecule has 2 aromatic heterocycles. The summed E-state index contributed by atoms with van der Waals surface area (Å²) in [7, 11) is 0. The molecule has 0 spiro atoms. The second kappa shape index (κ2) is 7.31. The van der Waals surface area contributed by atoms with Gasteiger partial charge in [0.25, 0.3) is 0 Å². The standard InChI is InChI=1S/C21H24F2N4O3/c1-10(2)27-17(19-14-4-12(5-15(14)19)29-13-8-28-9-13)6-16(26-27)11-3-18(30-21(22)23)20(24)25-7-11/h3-4,6-7,10,12-13,15,19,21H,5,8-9H2,1-2H3,(H2,24,25)/t12?,15-,19-/m1/s1. The summed E-state index contributed by atoms with van der Waals surface area (Å²) in [5.41, 5.74) is 9.42. The number of alkyl halides is 2. The van der Waals surface area contributed by atoms with Gasteiger partial charge in [0.05, 0.1) is 25.0 Å². The fraction of sp³-hybridized carbons (Fsp3) is 0.524. The zero-order chi connectivity index (χ0) is 21.0. The van der Waals surface area contributed by atoms with Crippen molar-refractivity contribution in [2.45, 2.75) is 51.0 Å². The monoisotopic (exact) mass is 418 g/mol. The Kier molecular flexibility index (Phi) is 4.74. The fourth-order valence-electron chi connectivity index (χ4n) is 4.36. The molecule has 7 nitrogen and oxygen atoms in total. The molecule has 5 rings (SSSR count). The molecule has 1 saturated carbocycles. The van der Waals surface area contributed by atoms with Crippen LogP contribution in [-0.2, 0) is 9.47 Å². The highest BCUT2D eigenvalue weighted by atomic mass is 19.3. The van der Waals surface area contributed by atoms with E-state index in [-0.39, 0.29) is 29.8 Å². The first-order valence-corrected chi connectivity index (χ1v) is 10.2. The number of aromatic nitrogens is 3. The normalized spacial score (nSPS) is 25.4. The molecule has 3 atom stereocenters. The molecular weight excluding hydrogens is 394 g/mol. The Morgan fingerprint density at radius 1 is 1.27 bits per heavy atom. The zero-order valence-electron chi connectivity index (χ0n) is 16.8. The highest BCUT2D eigenvalue weighted by Crippen LogP contribution is 2.60. The van der Waals surface area contributed by atoms with Crippen LogP contribution in [0.5, 0.6) is 5.75 Å². The van der Waals surface area contributed by atoms with Crippen molar-refractivity contribution in [2.75, 3.05) is 18.9 Å². The number of fused-ring (bicyclic) bond motifs is 1. The Bertz CT molecular complexity index is 987. The second-order valence-electron chi connectivity index (χ2n) is 8.30. The van der Waals surface area contributed by atoms with Crippen LogP contribution in [0.1, 0.15) is 37.9 Å². The number of nitrogens with zero attached hydrogens (tertiary/aromatic N) is 3. The number of halogens is 2. The number of rotatable bonds is 7. The van der Waals surface area contributed by atoms with Crippen LogP contribution in [0, 0.1) is 5.92 Å². The van der Waals surface area contributed by atoms with Crippen LogP contribution >= 0.6 is 0 Å². The molecule has 0 radical (unpaired) electrons. The summed E-state index contributed by atoms with van der Waals surface area (Å²) in [6.45, 7) is 2.55. The van der Waals surface area contributed by atoms with Crippen molar-refractivity contribution >= 4 is 5.82 Å². The van der Waals surface area contributed by atoms with Crippen molar-refractivity contribution in [3.8, 4) is 17.0 Å². The fourth-order valence-corrected chi connectivity index (χ4v) is 4.36. The van der Waals surface area contributed by atoms with Gasteiger partial charge < -0.3 is 19.9 Å². The van der Waals surface area contributed by atoms with Gasteiger partial charge in [0, 0.05) is 29.4 Å². The molecule has 160 valence electrons. The van der Waals surface area contributed by atoms with Crippen molar-refractivity contribution in [1.82, 2.24) is 14.8 Å². The third-order valence-corrected chi connectivity index (χ3v) is 5.89. The maximum atomic E-state index is 12.6. The lowest BCUT2D eigenvalue weighted by atomic mass is 10.1. The van der Waals surface area contributed by atoms with Gasteiger partial charge in [0.2, 0.25) is 0 Å². The minimum absolute atomic E-state index is 0.0765. The number of ether oxygens (including phenoxy) is 3. The van der Waals surface area contributed by atoms with Crippen molar-refractivity contribution < 1.29 is 23.0 Å². The average molecular weight is 418 g/mol. The number of hydrogen-bond donors (Lipinski definition) is 1. The van der Waals surface area contributed by atoms with Gasteiger partial charge in [-0.05, 0) is 38.3 Å². The van der Waals surface area contributed by atoms with Crippen LogP contribution in [0.4, 0.5) is 14.6 Å². The summed E-state index contributed by atoms with van der Waals surface area (Å²) in [6, 6.07) is 3.63.